The van der Waals surface area contributed by atoms with E-state index in [9.17, 15) is 18.0 Å². The van der Waals surface area contributed by atoms with E-state index in [1.165, 1.54) is 6.07 Å². The normalized spacial score (nSPS) is 11.1. The summed E-state index contributed by atoms with van der Waals surface area (Å²) in [7, 11) is 1.58. The van der Waals surface area contributed by atoms with Gasteiger partial charge in [0.1, 0.15) is 23.8 Å². The van der Waals surface area contributed by atoms with Crippen LogP contribution in [0.15, 0.2) is 72.9 Å². The zero-order valence-electron chi connectivity index (χ0n) is 18.7. The predicted molar refractivity (Wildman–Crippen MR) is 128 cm³/mol. The van der Waals surface area contributed by atoms with Gasteiger partial charge >= 0.3 is 12.2 Å². The summed E-state index contributed by atoms with van der Waals surface area (Å²) in [5.41, 5.74) is 0.608. The third-order valence-corrected chi connectivity index (χ3v) is 5.20. The number of urea groups is 1. The topological polar surface area (TPSA) is 90.3 Å². The molecule has 0 aliphatic carbocycles. The molecular formula is C24H19ClF3N5O3. The Morgan fingerprint density at radius 1 is 1.00 bits per heavy atom. The summed E-state index contributed by atoms with van der Waals surface area (Å²) in [5.74, 6) is 1.13. The van der Waals surface area contributed by atoms with Crippen LogP contribution in [0.4, 0.5) is 29.3 Å². The molecule has 0 bridgehead atoms. The van der Waals surface area contributed by atoms with Crippen molar-refractivity contribution in [1.82, 2.24) is 15.0 Å². The molecule has 4 rings (SSSR count). The molecular weight excluding hydrogens is 499 g/mol. The summed E-state index contributed by atoms with van der Waals surface area (Å²) >= 11 is 5.61. The number of halogens is 4. The highest BCUT2D eigenvalue weighted by atomic mass is 35.5. The Morgan fingerprint density at radius 2 is 1.72 bits per heavy atom. The number of hydrogen-bond acceptors (Lipinski definition) is 5. The number of amides is 2. The highest BCUT2D eigenvalue weighted by Gasteiger charge is 2.33. The van der Waals surface area contributed by atoms with E-state index in [0.29, 0.717) is 22.9 Å². The van der Waals surface area contributed by atoms with Crippen molar-refractivity contribution < 1.29 is 27.4 Å². The fraction of sp³-hybridized carbons (Fsp3) is 0.125. The summed E-state index contributed by atoms with van der Waals surface area (Å²) in [6.45, 7) is 0.116. The van der Waals surface area contributed by atoms with Gasteiger partial charge in [0.25, 0.3) is 0 Å². The molecule has 0 radical (unpaired) electrons. The molecule has 4 aromatic rings. The second-order valence-electron chi connectivity index (χ2n) is 7.44. The second-order valence-corrected chi connectivity index (χ2v) is 7.85. The molecule has 0 unspecified atom stereocenters. The van der Waals surface area contributed by atoms with Gasteiger partial charge in [-0.1, -0.05) is 28.9 Å². The molecule has 0 aliphatic heterocycles. The largest absolute Gasteiger partial charge is 0.497 e. The smallest absolute Gasteiger partial charge is 0.417 e. The maximum absolute atomic E-state index is 13.0. The lowest BCUT2D eigenvalue weighted by atomic mass is 10.2. The van der Waals surface area contributed by atoms with Crippen molar-refractivity contribution in [1.29, 1.82) is 0 Å². The monoisotopic (exact) mass is 517 g/mol. The van der Waals surface area contributed by atoms with Gasteiger partial charge in [-0.15, -0.1) is 5.10 Å². The minimum atomic E-state index is -4.64. The highest BCUT2D eigenvalue weighted by Crippen LogP contribution is 2.36. The molecule has 1 heterocycles. The van der Waals surface area contributed by atoms with Gasteiger partial charge in [0.15, 0.2) is 0 Å². The summed E-state index contributed by atoms with van der Waals surface area (Å²) in [6.07, 6.45) is -2.93. The van der Waals surface area contributed by atoms with Crippen molar-refractivity contribution in [3.63, 3.8) is 0 Å². The molecule has 3 aromatic carbocycles. The Balaban J connectivity index is 1.36. The predicted octanol–water partition coefficient (Wildman–Crippen LogP) is 6.17. The zero-order valence-corrected chi connectivity index (χ0v) is 19.5. The Labute approximate surface area is 208 Å². The van der Waals surface area contributed by atoms with E-state index >= 15 is 0 Å². The third kappa shape index (κ3) is 6.25. The fourth-order valence-corrected chi connectivity index (χ4v) is 3.40. The average Bonchev–Trinajstić information content (AvgIpc) is 3.33. The number of alkyl halides is 3. The molecule has 12 heteroatoms. The van der Waals surface area contributed by atoms with Gasteiger partial charge in [0.05, 0.1) is 29.6 Å². The maximum Gasteiger partial charge on any atom is 0.417 e. The molecule has 186 valence electrons. The van der Waals surface area contributed by atoms with Gasteiger partial charge < -0.3 is 20.1 Å². The Kier molecular flexibility index (Phi) is 7.30. The first-order valence-electron chi connectivity index (χ1n) is 10.4. The number of rotatable bonds is 7. The van der Waals surface area contributed by atoms with Crippen molar-refractivity contribution >= 4 is 29.0 Å². The molecule has 2 amide bonds. The van der Waals surface area contributed by atoms with Crippen LogP contribution in [-0.4, -0.2) is 28.1 Å². The molecule has 0 fully saturated rings. The standard InChI is InChI=1S/C24H19ClF3N5O3/c1-35-19-6-3-5-18(12-19)33-13-17(31-32-33)14-36-20-7-2-4-15(10-20)29-23(34)30-16-8-9-22(25)21(11-16)24(26,27)28/h2-13H,14H2,1H3,(H2,29,30,34). The third-order valence-electron chi connectivity index (χ3n) is 4.87. The lowest BCUT2D eigenvalue weighted by Crippen LogP contribution is -2.20. The van der Waals surface area contributed by atoms with Crippen LogP contribution in [-0.2, 0) is 12.8 Å². The Morgan fingerprint density at radius 3 is 2.47 bits per heavy atom. The number of carbonyl (C=O) groups excluding carboxylic acids is 1. The zero-order chi connectivity index (χ0) is 25.7. The lowest BCUT2D eigenvalue weighted by molar-refractivity contribution is -0.137. The van der Waals surface area contributed by atoms with Crippen LogP contribution in [0.3, 0.4) is 0 Å². The van der Waals surface area contributed by atoms with Crippen LogP contribution < -0.4 is 20.1 Å². The Hall–Kier alpha value is -4.25. The number of nitrogens with one attached hydrogen (secondary N) is 2. The van der Waals surface area contributed by atoms with Crippen LogP contribution in [0, 0.1) is 0 Å². The first kappa shape index (κ1) is 24.9. The number of ether oxygens (including phenoxy) is 2. The van der Waals surface area contributed by atoms with Gasteiger partial charge in [0, 0.05) is 23.5 Å². The van der Waals surface area contributed by atoms with Crippen LogP contribution >= 0.6 is 11.6 Å². The quantitative estimate of drug-likeness (QED) is 0.306. The number of anilines is 2. The number of aromatic nitrogens is 3. The maximum atomic E-state index is 13.0. The minimum Gasteiger partial charge on any atom is -0.497 e. The van der Waals surface area contributed by atoms with E-state index in [1.54, 1.807) is 42.3 Å². The SMILES string of the molecule is COc1cccc(-n2cc(COc3cccc(NC(=O)Nc4ccc(Cl)c(C(F)(F)F)c4)c3)nn2)c1. The van der Waals surface area contributed by atoms with Crippen molar-refractivity contribution in [3.05, 3.63) is 89.2 Å². The van der Waals surface area contributed by atoms with Crippen LogP contribution in [0.2, 0.25) is 5.02 Å². The molecule has 0 saturated heterocycles. The molecule has 0 atom stereocenters. The van der Waals surface area contributed by atoms with E-state index in [1.807, 2.05) is 24.3 Å². The second kappa shape index (κ2) is 10.6. The van der Waals surface area contributed by atoms with Crippen molar-refractivity contribution in [3.8, 4) is 17.2 Å². The fourth-order valence-electron chi connectivity index (χ4n) is 3.18. The first-order valence-corrected chi connectivity index (χ1v) is 10.8. The van der Waals surface area contributed by atoms with E-state index < -0.39 is 22.8 Å². The lowest BCUT2D eigenvalue weighted by Gasteiger charge is -2.13. The summed E-state index contributed by atoms with van der Waals surface area (Å²) < 4.78 is 51.6. The number of benzene rings is 3. The number of methoxy groups -OCH3 is 1. The molecule has 0 aliphatic rings. The van der Waals surface area contributed by atoms with Gasteiger partial charge in [-0.05, 0) is 42.5 Å². The molecule has 2 N–H and O–H groups in total. The van der Waals surface area contributed by atoms with Crippen LogP contribution in [0.5, 0.6) is 11.5 Å². The van der Waals surface area contributed by atoms with Crippen molar-refractivity contribution in [2.24, 2.45) is 0 Å². The summed E-state index contributed by atoms with van der Waals surface area (Å²) in [6, 6.07) is 16.2. The van der Waals surface area contributed by atoms with Crippen LogP contribution in [0.1, 0.15) is 11.3 Å². The first-order chi connectivity index (χ1) is 17.2. The van der Waals surface area contributed by atoms with Gasteiger partial charge in [-0.2, -0.15) is 13.2 Å². The average molecular weight is 518 g/mol. The molecule has 0 spiro atoms. The number of nitrogens with zero attached hydrogens (tertiary/aromatic N) is 3. The van der Waals surface area contributed by atoms with E-state index in [4.69, 9.17) is 21.1 Å². The van der Waals surface area contributed by atoms with Crippen LogP contribution in [0.25, 0.3) is 5.69 Å². The molecule has 0 saturated carbocycles. The van der Waals surface area contributed by atoms with Gasteiger partial charge in [-0.3, -0.25) is 0 Å². The number of hydrogen-bond donors (Lipinski definition) is 2. The summed E-state index contributed by atoms with van der Waals surface area (Å²) in [5, 5.41) is 12.6. The van der Waals surface area contributed by atoms with Crippen molar-refractivity contribution in [2.75, 3.05) is 17.7 Å². The molecule has 8 nitrogen and oxygen atoms in total. The van der Waals surface area contributed by atoms with E-state index in [-0.39, 0.29) is 12.3 Å². The minimum absolute atomic E-state index is 0.0595. The summed E-state index contributed by atoms with van der Waals surface area (Å²) in [4.78, 5) is 12.3. The number of carbonyl (C=O) groups is 1. The van der Waals surface area contributed by atoms with Crippen molar-refractivity contribution in [2.45, 2.75) is 12.8 Å². The van der Waals surface area contributed by atoms with E-state index in [0.717, 1.165) is 17.8 Å². The highest BCUT2D eigenvalue weighted by molar-refractivity contribution is 6.31. The molecule has 1 aromatic heterocycles. The molecule has 36 heavy (non-hydrogen) atoms. The van der Waals surface area contributed by atoms with Gasteiger partial charge in [0.2, 0.25) is 0 Å². The Bertz CT molecular complexity index is 1380. The van der Waals surface area contributed by atoms with E-state index in [2.05, 4.69) is 20.9 Å². The van der Waals surface area contributed by atoms with Gasteiger partial charge in [-0.25, -0.2) is 9.48 Å².